The van der Waals surface area contributed by atoms with Crippen molar-refractivity contribution in [3.05, 3.63) is 59.7 Å². The molecule has 124 valence electrons. The molecule has 3 N–H and O–H groups in total. The van der Waals surface area contributed by atoms with Crippen LogP contribution in [0.4, 0.5) is 11.4 Å². The van der Waals surface area contributed by atoms with Crippen LogP contribution in [0.1, 0.15) is 20.7 Å². The highest BCUT2D eigenvalue weighted by atomic mass is 16.5. The maximum Gasteiger partial charge on any atom is 0.337 e. The Bertz CT molecular complexity index is 739. The maximum absolute atomic E-state index is 11.9. The van der Waals surface area contributed by atoms with Gasteiger partial charge in [0.05, 0.1) is 24.8 Å². The lowest BCUT2D eigenvalue weighted by Gasteiger charge is -2.08. The molecule has 2 rings (SSSR count). The van der Waals surface area contributed by atoms with Crippen LogP contribution in [0, 0.1) is 0 Å². The van der Waals surface area contributed by atoms with Gasteiger partial charge in [0.25, 0.3) is 0 Å². The summed E-state index contributed by atoms with van der Waals surface area (Å²) in [4.78, 5) is 33.9. The van der Waals surface area contributed by atoms with Gasteiger partial charge in [0.1, 0.15) is 0 Å². The van der Waals surface area contributed by atoms with Gasteiger partial charge in [-0.1, -0.05) is 0 Å². The van der Waals surface area contributed by atoms with Crippen LogP contribution in [0.25, 0.3) is 0 Å². The third-order valence-corrected chi connectivity index (χ3v) is 3.17. The molecule has 0 bridgehead atoms. The summed E-state index contributed by atoms with van der Waals surface area (Å²) in [5.41, 5.74) is 1.76. The van der Waals surface area contributed by atoms with Gasteiger partial charge in [-0.2, -0.15) is 0 Å². The fourth-order valence-corrected chi connectivity index (χ4v) is 1.93. The Balaban J connectivity index is 1.86. The van der Waals surface area contributed by atoms with Gasteiger partial charge in [-0.15, -0.1) is 0 Å². The average Bonchev–Trinajstić information content (AvgIpc) is 2.60. The number of methoxy groups -OCH3 is 1. The number of carboxylic acids is 1. The fourth-order valence-electron chi connectivity index (χ4n) is 1.93. The Morgan fingerprint density at radius 1 is 0.917 bits per heavy atom. The van der Waals surface area contributed by atoms with E-state index in [2.05, 4.69) is 15.4 Å². The molecule has 0 unspecified atom stereocenters. The van der Waals surface area contributed by atoms with Gasteiger partial charge in [0, 0.05) is 11.4 Å². The predicted octanol–water partition coefficient (Wildman–Crippen LogP) is 2.22. The van der Waals surface area contributed by atoms with Crippen LogP contribution < -0.4 is 10.6 Å². The van der Waals surface area contributed by atoms with Crippen molar-refractivity contribution in [2.45, 2.75) is 0 Å². The number of carboxylic acid groups (broad SMARTS) is 1. The molecule has 0 aliphatic carbocycles. The third-order valence-electron chi connectivity index (χ3n) is 3.17. The van der Waals surface area contributed by atoms with Gasteiger partial charge in [0.2, 0.25) is 5.91 Å². The van der Waals surface area contributed by atoms with Crippen molar-refractivity contribution in [1.82, 2.24) is 0 Å². The van der Waals surface area contributed by atoms with Crippen LogP contribution in [0.15, 0.2) is 48.5 Å². The molecule has 7 nitrogen and oxygen atoms in total. The number of anilines is 2. The lowest BCUT2D eigenvalue weighted by Crippen LogP contribution is -2.21. The number of carbonyl (C=O) groups is 3. The van der Waals surface area contributed by atoms with Crippen molar-refractivity contribution in [3.63, 3.8) is 0 Å². The minimum Gasteiger partial charge on any atom is -0.478 e. The number of rotatable bonds is 6. The molecule has 1 amide bonds. The number of carbonyl (C=O) groups excluding carboxylic acids is 2. The van der Waals surface area contributed by atoms with Crippen molar-refractivity contribution in [2.24, 2.45) is 0 Å². The van der Waals surface area contributed by atoms with E-state index in [9.17, 15) is 14.4 Å². The van der Waals surface area contributed by atoms with E-state index in [-0.39, 0.29) is 18.0 Å². The van der Waals surface area contributed by atoms with Crippen LogP contribution in [-0.2, 0) is 9.53 Å². The van der Waals surface area contributed by atoms with Crippen molar-refractivity contribution >= 4 is 29.2 Å². The van der Waals surface area contributed by atoms with Crippen LogP contribution in [0.3, 0.4) is 0 Å². The van der Waals surface area contributed by atoms with E-state index in [1.807, 2.05) is 0 Å². The first-order valence-electron chi connectivity index (χ1n) is 7.05. The van der Waals surface area contributed by atoms with Crippen LogP contribution in [0.2, 0.25) is 0 Å². The smallest absolute Gasteiger partial charge is 0.337 e. The second-order valence-electron chi connectivity index (χ2n) is 4.85. The number of esters is 1. The van der Waals surface area contributed by atoms with E-state index < -0.39 is 11.9 Å². The molecule has 0 saturated carbocycles. The number of nitrogens with one attached hydrogen (secondary N) is 2. The molecule has 24 heavy (non-hydrogen) atoms. The largest absolute Gasteiger partial charge is 0.478 e. The summed E-state index contributed by atoms with van der Waals surface area (Å²) in [7, 11) is 1.30. The molecule has 0 radical (unpaired) electrons. The zero-order valence-corrected chi connectivity index (χ0v) is 12.9. The normalized spacial score (nSPS) is 9.88. The van der Waals surface area contributed by atoms with Crippen molar-refractivity contribution in [1.29, 1.82) is 0 Å². The number of ether oxygens (including phenoxy) is 1. The van der Waals surface area contributed by atoms with Gasteiger partial charge < -0.3 is 20.5 Å². The van der Waals surface area contributed by atoms with E-state index in [1.54, 1.807) is 36.4 Å². The monoisotopic (exact) mass is 328 g/mol. The Morgan fingerprint density at radius 2 is 1.46 bits per heavy atom. The number of hydrogen-bond acceptors (Lipinski definition) is 5. The molecule has 0 fully saturated rings. The van der Waals surface area contributed by atoms with E-state index in [1.165, 1.54) is 19.2 Å². The first-order valence-corrected chi connectivity index (χ1v) is 7.05. The summed E-state index contributed by atoms with van der Waals surface area (Å²) in [5.74, 6) is -1.72. The molecule has 0 saturated heterocycles. The van der Waals surface area contributed by atoms with Crippen LogP contribution in [0.5, 0.6) is 0 Å². The Labute approximate surface area is 138 Å². The second-order valence-corrected chi connectivity index (χ2v) is 4.85. The molecule has 0 heterocycles. The number of amides is 1. The Hall–Kier alpha value is -3.35. The molecule has 0 aliphatic heterocycles. The Morgan fingerprint density at radius 3 is 2.00 bits per heavy atom. The molecule has 0 atom stereocenters. The Kier molecular flexibility index (Phi) is 5.51. The zero-order valence-electron chi connectivity index (χ0n) is 12.9. The second kappa shape index (κ2) is 7.77. The molecule has 7 heteroatoms. The van der Waals surface area contributed by atoms with E-state index >= 15 is 0 Å². The summed E-state index contributed by atoms with van der Waals surface area (Å²) < 4.78 is 4.59. The minimum absolute atomic E-state index is 0.0190. The van der Waals surface area contributed by atoms with Crippen LogP contribution in [-0.4, -0.2) is 36.6 Å². The summed E-state index contributed by atoms with van der Waals surface area (Å²) in [6, 6.07) is 12.4. The summed E-state index contributed by atoms with van der Waals surface area (Å²) >= 11 is 0. The number of hydrogen-bond donors (Lipinski definition) is 3. The molecular formula is C17H16N2O5. The molecule has 2 aromatic carbocycles. The van der Waals surface area contributed by atoms with Gasteiger partial charge >= 0.3 is 11.9 Å². The molecule has 0 aromatic heterocycles. The summed E-state index contributed by atoms with van der Waals surface area (Å²) in [6.07, 6.45) is 0. The maximum atomic E-state index is 11.9. The first kappa shape index (κ1) is 17.0. The highest BCUT2D eigenvalue weighted by Gasteiger charge is 2.07. The highest BCUT2D eigenvalue weighted by molar-refractivity contribution is 5.95. The predicted molar refractivity (Wildman–Crippen MR) is 88.3 cm³/mol. The van der Waals surface area contributed by atoms with Crippen molar-refractivity contribution in [2.75, 3.05) is 24.3 Å². The standard InChI is InChI=1S/C17H16N2O5/c1-24-17(23)12-4-8-14(9-5-12)19-15(20)10-18-13-6-2-11(3-7-13)16(21)22/h2-9,18H,10H2,1H3,(H,19,20)(H,21,22). The van der Waals surface area contributed by atoms with E-state index in [4.69, 9.17) is 5.11 Å². The lowest BCUT2D eigenvalue weighted by atomic mass is 10.2. The topological polar surface area (TPSA) is 105 Å². The molecule has 2 aromatic rings. The van der Waals surface area contributed by atoms with Crippen LogP contribution >= 0.6 is 0 Å². The summed E-state index contributed by atoms with van der Waals surface area (Å²) in [6.45, 7) is 0.0190. The van der Waals surface area contributed by atoms with E-state index in [0.29, 0.717) is 16.9 Å². The summed E-state index contributed by atoms with van der Waals surface area (Å²) in [5, 5.41) is 14.4. The fraction of sp³-hybridized carbons (Fsp3) is 0.118. The highest BCUT2D eigenvalue weighted by Crippen LogP contribution is 2.11. The van der Waals surface area contributed by atoms with Gasteiger partial charge in [-0.3, -0.25) is 4.79 Å². The quantitative estimate of drug-likeness (QED) is 0.702. The molecular weight excluding hydrogens is 312 g/mol. The number of benzene rings is 2. The molecule has 0 aliphatic rings. The lowest BCUT2D eigenvalue weighted by molar-refractivity contribution is -0.114. The zero-order chi connectivity index (χ0) is 17.5. The third kappa shape index (κ3) is 4.57. The van der Waals surface area contributed by atoms with Gasteiger partial charge in [-0.25, -0.2) is 9.59 Å². The average molecular weight is 328 g/mol. The first-order chi connectivity index (χ1) is 11.5. The van der Waals surface area contributed by atoms with Crippen molar-refractivity contribution < 1.29 is 24.2 Å². The van der Waals surface area contributed by atoms with Gasteiger partial charge in [-0.05, 0) is 48.5 Å². The van der Waals surface area contributed by atoms with Crippen molar-refractivity contribution in [3.8, 4) is 0 Å². The number of aromatic carboxylic acids is 1. The van der Waals surface area contributed by atoms with E-state index in [0.717, 1.165) is 0 Å². The van der Waals surface area contributed by atoms with Gasteiger partial charge in [0.15, 0.2) is 0 Å². The minimum atomic E-state index is -1.00. The SMILES string of the molecule is COC(=O)c1ccc(NC(=O)CNc2ccc(C(=O)O)cc2)cc1. The molecule has 0 spiro atoms.